The molecule has 6 heteroatoms. The van der Waals surface area contributed by atoms with Gasteiger partial charge in [-0.2, -0.15) is 4.31 Å². The number of hydrogen-bond donors (Lipinski definition) is 1. The lowest BCUT2D eigenvalue weighted by molar-refractivity contribution is -0.117. The van der Waals surface area contributed by atoms with E-state index in [1.165, 1.54) is 0 Å². The van der Waals surface area contributed by atoms with Crippen LogP contribution in [0.2, 0.25) is 0 Å². The molecule has 2 fully saturated rings. The molecule has 3 atom stereocenters. The second kappa shape index (κ2) is 6.24. The van der Waals surface area contributed by atoms with Gasteiger partial charge >= 0.3 is 0 Å². The Kier molecular flexibility index (Phi) is 4.47. The van der Waals surface area contributed by atoms with E-state index >= 15 is 0 Å². The van der Waals surface area contributed by atoms with Crippen molar-refractivity contribution in [2.45, 2.75) is 50.5 Å². The highest BCUT2D eigenvalue weighted by molar-refractivity contribution is 7.89. The number of carbonyl (C=O) groups excluding carboxylic acids is 1. The zero-order chi connectivity index (χ0) is 16.6. The summed E-state index contributed by atoms with van der Waals surface area (Å²) >= 11 is 0. The summed E-state index contributed by atoms with van der Waals surface area (Å²) in [4.78, 5) is 12.2. The lowest BCUT2D eigenvalue weighted by Gasteiger charge is -2.32. The molecule has 1 aromatic rings. The average Bonchev–Trinajstić information content (AvgIpc) is 3.25. The second-order valence-corrected chi connectivity index (χ2v) is 8.68. The van der Waals surface area contributed by atoms with Crippen LogP contribution in [0.15, 0.2) is 29.2 Å². The normalized spacial score (nSPS) is 28.3. The smallest absolute Gasteiger partial charge is 0.243 e. The molecule has 0 spiro atoms. The van der Waals surface area contributed by atoms with Crippen molar-refractivity contribution in [1.29, 1.82) is 0 Å². The SMILES string of the molecule is C[C@H]1C[C@@H]1C(=O)Nc1ccc(S(=O)(=O)N2CCCC[C@@H]2C)cc1. The maximum absolute atomic E-state index is 12.7. The van der Waals surface area contributed by atoms with Crippen LogP contribution in [-0.2, 0) is 14.8 Å². The predicted molar refractivity (Wildman–Crippen MR) is 89.5 cm³/mol. The summed E-state index contributed by atoms with van der Waals surface area (Å²) in [5.74, 6) is 0.584. The minimum absolute atomic E-state index is 0.0257. The van der Waals surface area contributed by atoms with Crippen LogP contribution in [0.1, 0.15) is 39.5 Å². The third kappa shape index (κ3) is 3.43. The van der Waals surface area contributed by atoms with Gasteiger partial charge in [-0.15, -0.1) is 0 Å². The molecular weight excluding hydrogens is 312 g/mol. The van der Waals surface area contributed by atoms with Crippen molar-refractivity contribution in [2.24, 2.45) is 11.8 Å². The Balaban J connectivity index is 1.72. The Morgan fingerprint density at radius 3 is 2.39 bits per heavy atom. The molecule has 1 aliphatic carbocycles. The van der Waals surface area contributed by atoms with Crippen LogP contribution in [0.4, 0.5) is 5.69 Å². The summed E-state index contributed by atoms with van der Waals surface area (Å²) in [7, 11) is -3.45. The molecule has 0 radical (unpaired) electrons. The van der Waals surface area contributed by atoms with Gasteiger partial charge in [0.05, 0.1) is 4.90 Å². The summed E-state index contributed by atoms with van der Waals surface area (Å²) in [6, 6.07) is 6.56. The van der Waals surface area contributed by atoms with Crippen molar-refractivity contribution < 1.29 is 13.2 Å². The number of nitrogens with one attached hydrogen (secondary N) is 1. The maximum Gasteiger partial charge on any atom is 0.243 e. The molecule has 3 rings (SSSR count). The van der Waals surface area contributed by atoms with Crippen molar-refractivity contribution in [3.8, 4) is 0 Å². The van der Waals surface area contributed by atoms with E-state index in [1.807, 2.05) is 6.92 Å². The highest BCUT2D eigenvalue weighted by atomic mass is 32.2. The van der Waals surface area contributed by atoms with Crippen molar-refractivity contribution in [3.63, 3.8) is 0 Å². The minimum atomic E-state index is -3.45. The Hall–Kier alpha value is -1.40. The quantitative estimate of drug-likeness (QED) is 0.919. The lowest BCUT2D eigenvalue weighted by Crippen LogP contribution is -2.41. The molecule has 0 bridgehead atoms. The van der Waals surface area contributed by atoms with Gasteiger partial charge in [-0.1, -0.05) is 13.3 Å². The Morgan fingerprint density at radius 2 is 1.83 bits per heavy atom. The number of amides is 1. The third-order valence-electron chi connectivity index (χ3n) is 4.92. The van der Waals surface area contributed by atoms with E-state index < -0.39 is 10.0 Å². The first kappa shape index (κ1) is 16.5. The van der Waals surface area contributed by atoms with Crippen molar-refractivity contribution >= 4 is 21.6 Å². The van der Waals surface area contributed by atoms with Gasteiger partial charge in [0.1, 0.15) is 0 Å². The third-order valence-corrected chi connectivity index (χ3v) is 6.94. The standard InChI is InChI=1S/C17H24N2O3S/c1-12-11-16(12)17(20)18-14-6-8-15(9-7-14)23(21,22)19-10-4-3-5-13(19)2/h6-9,12-13,16H,3-5,10-11H2,1-2H3,(H,18,20)/t12-,13-,16-/m0/s1. The molecule has 1 aromatic carbocycles. The molecule has 126 valence electrons. The average molecular weight is 336 g/mol. The fourth-order valence-electron chi connectivity index (χ4n) is 3.20. The summed E-state index contributed by atoms with van der Waals surface area (Å²) in [5.41, 5.74) is 0.653. The minimum Gasteiger partial charge on any atom is -0.326 e. The fourth-order valence-corrected chi connectivity index (χ4v) is 4.90. The highest BCUT2D eigenvalue weighted by Crippen LogP contribution is 2.38. The van der Waals surface area contributed by atoms with Gasteiger partial charge in [-0.3, -0.25) is 4.79 Å². The molecule has 0 unspecified atom stereocenters. The molecule has 2 aliphatic rings. The Bertz CT molecular complexity index is 684. The van der Waals surface area contributed by atoms with Crippen LogP contribution in [-0.4, -0.2) is 31.2 Å². The largest absolute Gasteiger partial charge is 0.326 e. The van der Waals surface area contributed by atoms with E-state index in [9.17, 15) is 13.2 Å². The molecule has 1 aliphatic heterocycles. The Morgan fingerprint density at radius 1 is 1.17 bits per heavy atom. The van der Waals surface area contributed by atoms with Gasteiger partial charge in [0.15, 0.2) is 0 Å². The van der Waals surface area contributed by atoms with Gasteiger partial charge in [0.25, 0.3) is 0 Å². The molecular formula is C17H24N2O3S. The highest BCUT2D eigenvalue weighted by Gasteiger charge is 2.39. The van der Waals surface area contributed by atoms with Crippen molar-refractivity contribution in [3.05, 3.63) is 24.3 Å². The number of anilines is 1. The predicted octanol–water partition coefficient (Wildman–Crippen LogP) is 2.84. The molecule has 1 saturated carbocycles. The number of benzene rings is 1. The zero-order valence-electron chi connectivity index (χ0n) is 13.7. The molecule has 1 heterocycles. The molecule has 1 amide bonds. The van der Waals surface area contributed by atoms with Crippen molar-refractivity contribution in [1.82, 2.24) is 4.31 Å². The fraction of sp³-hybridized carbons (Fsp3) is 0.588. The summed E-state index contributed by atoms with van der Waals surface area (Å²) < 4.78 is 27.1. The van der Waals surface area contributed by atoms with Gasteiger partial charge in [-0.25, -0.2) is 8.42 Å². The number of sulfonamides is 1. The van der Waals surface area contributed by atoms with E-state index in [-0.39, 0.29) is 17.9 Å². The first-order chi connectivity index (χ1) is 10.9. The molecule has 23 heavy (non-hydrogen) atoms. The number of nitrogens with zero attached hydrogens (tertiary/aromatic N) is 1. The first-order valence-electron chi connectivity index (χ1n) is 8.32. The van der Waals surface area contributed by atoms with Gasteiger partial charge in [-0.05, 0) is 56.4 Å². The second-order valence-electron chi connectivity index (χ2n) is 6.79. The monoisotopic (exact) mass is 336 g/mol. The summed E-state index contributed by atoms with van der Waals surface area (Å²) in [6.07, 6.45) is 3.84. The topological polar surface area (TPSA) is 66.5 Å². The molecule has 1 saturated heterocycles. The van der Waals surface area contributed by atoms with Gasteiger partial charge in [0, 0.05) is 24.2 Å². The lowest BCUT2D eigenvalue weighted by atomic mass is 10.1. The van der Waals surface area contributed by atoms with Crippen LogP contribution >= 0.6 is 0 Å². The maximum atomic E-state index is 12.7. The van der Waals surface area contributed by atoms with Crippen LogP contribution < -0.4 is 5.32 Å². The van der Waals surface area contributed by atoms with E-state index in [2.05, 4.69) is 12.2 Å². The van der Waals surface area contributed by atoms with Crippen LogP contribution in [0.3, 0.4) is 0 Å². The molecule has 0 aromatic heterocycles. The van der Waals surface area contributed by atoms with Crippen LogP contribution in [0, 0.1) is 11.8 Å². The van der Waals surface area contributed by atoms with E-state index in [4.69, 9.17) is 0 Å². The number of hydrogen-bond acceptors (Lipinski definition) is 3. The zero-order valence-corrected chi connectivity index (χ0v) is 14.5. The summed E-state index contributed by atoms with van der Waals surface area (Å²) in [5, 5.41) is 2.85. The van der Waals surface area contributed by atoms with Crippen molar-refractivity contribution in [2.75, 3.05) is 11.9 Å². The number of rotatable bonds is 4. The Labute approximate surface area is 138 Å². The van der Waals surface area contributed by atoms with Crippen LogP contribution in [0.25, 0.3) is 0 Å². The number of carbonyl (C=O) groups is 1. The molecule has 5 nitrogen and oxygen atoms in total. The van der Waals surface area contributed by atoms with Gasteiger partial charge in [0.2, 0.25) is 15.9 Å². The van der Waals surface area contributed by atoms with Crippen LogP contribution in [0.5, 0.6) is 0 Å². The summed E-state index contributed by atoms with van der Waals surface area (Å²) in [6.45, 7) is 4.60. The van der Waals surface area contributed by atoms with E-state index in [0.717, 1.165) is 25.7 Å². The van der Waals surface area contributed by atoms with E-state index in [1.54, 1.807) is 28.6 Å². The van der Waals surface area contributed by atoms with Gasteiger partial charge < -0.3 is 5.32 Å². The number of piperidine rings is 1. The molecule has 1 N–H and O–H groups in total. The van der Waals surface area contributed by atoms with E-state index in [0.29, 0.717) is 23.0 Å². The first-order valence-corrected chi connectivity index (χ1v) is 9.76.